The Morgan fingerprint density at radius 3 is 1.29 bits per heavy atom. The van der Waals surface area contributed by atoms with Gasteiger partial charge in [-0.3, -0.25) is 0 Å². The smallest absolute Gasteiger partial charge is 0.143 e. The normalized spacial score (nSPS) is 12.1. The number of nitrogens with zero attached hydrogens (tertiary/aromatic N) is 4. The maximum atomic E-state index is 12.2. The van der Waals surface area contributed by atoms with E-state index >= 15 is 0 Å². The Balaban J connectivity index is 1.35. The van der Waals surface area contributed by atoms with E-state index in [1.54, 1.807) is 48.5 Å². The van der Waals surface area contributed by atoms with Crippen molar-refractivity contribution in [2.24, 2.45) is 20.5 Å². The molecule has 0 aliphatic rings. The molecule has 2 N–H and O–H groups in total. The first kappa shape index (κ1) is 32.0. The average Bonchev–Trinajstić information content (AvgIpc) is 3.06. The summed E-state index contributed by atoms with van der Waals surface area (Å²) in [5.41, 5.74) is -0.407. The predicted molar refractivity (Wildman–Crippen MR) is 174 cm³/mol. The maximum absolute atomic E-state index is 12.2. The van der Waals surface area contributed by atoms with Crippen LogP contribution in [0.3, 0.4) is 0 Å². The fraction of sp³-hybridized carbons (Fsp3) is 0. The van der Waals surface area contributed by atoms with E-state index in [2.05, 4.69) is 32.3 Å². The van der Waals surface area contributed by atoms with Crippen molar-refractivity contribution in [1.29, 1.82) is 0 Å². The molecule has 0 saturated carbocycles. The zero-order valence-corrected chi connectivity index (χ0v) is 26.0. The quantitative estimate of drug-likeness (QED) is 0.103. The minimum absolute atomic E-state index is 0.0444. The molecule has 48 heavy (non-hydrogen) atoms. The molecular formula is C34H20N4O8S2-2. The highest BCUT2D eigenvalue weighted by molar-refractivity contribution is 7.86. The zero-order valence-electron chi connectivity index (χ0n) is 24.3. The molecule has 12 nitrogen and oxygen atoms in total. The Hall–Kier alpha value is -5.98. The second kappa shape index (κ2) is 12.7. The fourth-order valence-electron chi connectivity index (χ4n) is 4.81. The van der Waals surface area contributed by atoms with Crippen molar-refractivity contribution < 1.29 is 36.2 Å². The van der Waals surface area contributed by atoms with Gasteiger partial charge in [-0.1, -0.05) is 72.5 Å². The molecule has 0 aromatic heterocycles. The molecule has 0 spiro atoms. The van der Waals surface area contributed by atoms with Crippen molar-refractivity contribution in [1.82, 2.24) is 0 Å². The first-order valence-corrected chi connectivity index (χ1v) is 16.7. The Morgan fingerprint density at radius 1 is 0.500 bits per heavy atom. The summed E-state index contributed by atoms with van der Waals surface area (Å²) in [6.45, 7) is 0. The summed E-state index contributed by atoms with van der Waals surface area (Å²) in [6, 6.07) is 27.3. The van der Waals surface area contributed by atoms with Crippen LogP contribution in [0.25, 0.3) is 21.5 Å². The van der Waals surface area contributed by atoms with Crippen molar-refractivity contribution in [3.63, 3.8) is 0 Å². The third-order valence-electron chi connectivity index (χ3n) is 7.09. The lowest BCUT2D eigenvalue weighted by molar-refractivity contribution is 0.460. The third kappa shape index (κ3) is 6.75. The topological polar surface area (TPSA) is 204 Å². The summed E-state index contributed by atoms with van der Waals surface area (Å²) in [5.74, 6) is 4.58. The van der Waals surface area contributed by atoms with Crippen LogP contribution in [-0.2, 0) is 20.2 Å². The van der Waals surface area contributed by atoms with Crippen LogP contribution in [0.2, 0.25) is 0 Å². The second-order valence-electron chi connectivity index (χ2n) is 10.2. The van der Waals surface area contributed by atoms with Gasteiger partial charge < -0.3 is 19.3 Å². The summed E-state index contributed by atoms with van der Waals surface area (Å²) in [6.07, 6.45) is 0. The number of hydrogen-bond donors (Lipinski definition) is 2. The van der Waals surface area contributed by atoms with E-state index in [-0.39, 0.29) is 45.4 Å². The minimum atomic E-state index is -5.12. The molecule has 0 fully saturated rings. The predicted octanol–water partition coefficient (Wildman–Crippen LogP) is 7.44. The molecule has 6 aromatic rings. The van der Waals surface area contributed by atoms with Gasteiger partial charge in [-0.2, -0.15) is 10.2 Å². The first-order chi connectivity index (χ1) is 22.9. The lowest BCUT2D eigenvalue weighted by Crippen LogP contribution is -2.02. The van der Waals surface area contributed by atoms with Crippen LogP contribution >= 0.6 is 0 Å². The molecule has 238 valence electrons. The number of phenolic OH excluding ortho intramolecular Hbond substituents is 2. The molecule has 14 heteroatoms. The number of azo groups is 2. The van der Waals surface area contributed by atoms with E-state index in [9.17, 15) is 36.2 Å². The maximum Gasteiger partial charge on any atom is 0.143 e. The van der Waals surface area contributed by atoms with E-state index < -0.39 is 30.0 Å². The van der Waals surface area contributed by atoms with Crippen molar-refractivity contribution in [2.75, 3.05) is 0 Å². The van der Waals surface area contributed by atoms with E-state index in [0.29, 0.717) is 10.8 Å². The Morgan fingerprint density at radius 2 is 0.896 bits per heavy atom. The lowest BCUT2D eigenvalue weighted by atomic mass is 10.1. The largest absolute Gasteiger partial charge is 0.744 e. The monoisotopic (exact) mass is 676 g/mol. The number of aromatic hydroxyl groups is 2. The van der Waals surface area contributed by atoms with Gasteiger partial charge >= 0.3 is 0 Å². The van der Waals surface area contributed by atoms with E-state index in [1.165, 1.54) is 36.4 Å². The molecule has 0 amide bonds. The van der Waals surface area contributed by atoms with Gasteiger partial charge in [0.2, 0.25) is 0 Å². The van der Waals surface area contributed by atoms with Gasteiger partial charge in [0.1, 0.15) is 43.1 Å². The molecule has 0 radical (unpaired) electrons. The third-order valence-corrected chi connectivity index (χ3v) is 8.84. The van der Waals surface area contributed by atoms with Crippen LogP contribution in [-0.4, -0.2) is 36.2 Å². The van der Waals surface area contributed by atoms with Gasteiger partial charge in [-0.05, 0) is 59.3 Å². The molecule has 0 heterocycles. The summed E-state index contributed by atoms with van der Waals surface area (Å²) in [4.78, 5) is -1.53. The SMILES string of the molecule is O=S(=O)([O-])c1cc(N=Nc2c(O)ccc3ccccc23)ccc1C#Cc1ccc(N=Nc2c(O)ccc3ccccc23)cc1S(=O)(=O)[O-]. The van der Waals surface area contributed by atoms with E-state index in [1.807, 2.05) is 12.1 Å². The lowest BCUT2D eigenvalue weighted by Gasteiger charge is -2.11. The van der Waals surface area contributed by atoms with Crippen molar-refractivity contribution in [2.45, 2.75) is 9.79 Å². The Labute approximate surface area is 273 Å². The number of rotatable bonds is 6. The van der Waals surface area contributed by atoms with Crippen LogP contribution in [0, 0.1) is 11.8 Å². The van der Waals surface area contributed by atoms with Gasteiger partial charge in [0.15, 0.2) is 0 Å². The van der Waals surface area contributed by atoms with Crippen LogP contribution in [0.5, 0.6) is 11.5 Å². The molecule has 0 saturated heterocycles. The van der Waals surface area contributed by atoms with Crippen molar-refractivity contribution in [3.05, 3.63) is 120 Å². The number of benzene rings is 6. The van der Waals surface area contributed by atoms with Gasteiger partial charge in [0, 0.05) is 21.9 Å². The molecule has 0 atom stereocenters. The van der Waals surface area contributed by atoms with Gasteiger partial charge in [-0.25, -0.2) is 16.8 Å². The fourth-order valence-corrected chi connectivity index (χ4v) is 6.12. The van der Waals surface area contributed by atoms with Gasteiger partial charge in [0.25, 0.3) is 0 Å². The van der Waals surface area contributed by atoms with Gasteiger partial charge in [0.05, 0.1) is 21.2 Å². The number of fused-ring (bicyclic) bond motifs is 2. The molecule has 0 unspecified atom stereocenters. The van der Waals surface area contributed by atoms with E-state index in [0.717, 1.165) is 22.9 Å². The number of phenols is 2. The minimum Gasteiger partial charge on any atom is -0.744 e. The van der Waals surface area contributed by atoms with Crippen LogP contribution < -0.4 is 0 Å². The average molecular weight is 677 g/mol. The van der Waals surface area contributed by atoms with Crippen LogP contribution in [0.1, 0.15) is 11.1 Å². The summed E-state index contributed by atoms with van der Waals surface area (Å²) < 4.78 is 73.0. The van der Waals surface area contributed by atoms with Crippen molar-refractivity contribution in [3.8, 4) is 23.3 Å². The Bertz CT molecular complexity index is 2430. The van der Waals surface area contributed by atoms with Crippen molar-refractivity contribution >= 4 is 64.5 Å². The molecular weight excluding hydrogens is 657 g/mol. The number of hydrogen-bond acceptors (Lipinski definition) is 12. The first-order valence-electron chi connectivity index (χ1n) is 13.9. The van der Waals surface area contributed by atoms with Gasteiger partial charge in [-0.15, -0.1) is 10.2 Å². The standard InChI is InChI=1S/C34H22N4O8S2/c39-29-17-13-21-5-1-3-7-27(21)33(29)37-35-25-15-11-23(31(19-25)47(41,42)43)9-10-24-12-16-26(20-32(24)48(44,45)46)36-38-34-28-8-4-2-6-22(28)14-18-30(34)40/h1-8,11-20,39-40H,(H,41,42,43)(H,44,45,46)/p-2. The van der Waals surface area contributed by atoms with Crippen LogP contribution in [0.15, 0.2) is 139 Å². The van der Waals surface area contributed by atoms with E-state index in [4.69, 9.17) is 0 Å². The Kier molecular flexibility index (Phi) is 8.44. The molecule has 0 bridgehead atoms. The zero-order chi connectivity index (χ0) is 34.1. The second-order valence-corrected chi connectivity index (χ2v) is 12.9. The highest BCUT2D eigenvalue weighted by atomic mass is 32.2. The molecule has 6 rings (SSSR count). The molecule has 0 aliphatic heterocycles. The highest BCUT2D eigenvalue weighted by Gasteiger charge is 2.13. The molecule has 6 aromatic carbocycles. The van der Waals surface area contributed by atoms with Crippen LogP contribution in [0.4, 0.5) is 22.7 Å². The summed E-state index contributed by atoms with van der Waals surface area (Å²) in [5, 5.41) is 39.5. The molecule has 0 aliphatic carbocycles. The highest BCUT2D eigenvalue weighted by Crippen LogP contribution is 2.37. The summed E-state index contributed by atoms with van der Waals surface area (Å²) >= 11 is 0. The summed E-state index contributed by atoms with van der Waals surface area (Å²) in [7, 11) is -10.2.